The van der Waals surface area contributed by atoms with E-state index in [1.165, 1.54) is 0 Å². The zero-order chi connectivity index (χ0) is 10.8. The van der Waals surface area contributed by atoms with Crippen LogP contribution in [0.2, 0.25) is 0 Å². The van der Waals surface area contributed by atoms with Crippen molar-refractivity contribution < 1.29 is 9.90 Å². The molecule has 78 valence electrons. The van der Waals surface area contributed by atoms with Gasteiger partial charge in [0, 0.05) is 30.5 Å². The molecule has 0 unspecified atom stereocenters. The van der Waals surface area contributed by atoms with E-state index in [2.05, 4.69) is 15.3 Å². The number of carboxylic acid groups (broad SMARTS) is 1. The topological polar surface area (TPSA) is 78.0 Å². The summed E-state index contributed by atoms with van der Waals surface area (Å²) < 4.78 is 0. The van der Waals surface area contributed by atoms with Crippen LogP contribution in [0.5, 0.6) is 0 Å². The van der Waals surface area contributed by atoms with Crippen molar-refractivity contribution in [2.75, 3.05) is 12.4 Å². The van der Waals surface area contributed by atoms with Gasteiger partial charge in [-0.1, -0.05) is 0 Å². The van der Waals surface area contributed by atoms with Crippen LogP contribution in [0.15, 0.2) is 18.5 Å². The number of aromatic nitrogens is 2. The third-order valence-electron chi connectivity index (χ3n) is 2.27. The molecule has 0 aliphatic rings. The van der Waals surface area contributed by atoms with E-state index in [0.717, 1.165) is 16.6 Å². The molecule has 0 fully saturated rings. The number of aromatic amines is 1. The van der Waals surface area contributed by atoms with E-state index in [1.54, 1.807) is 19.4 Å². The van der Waals surface area contributed by atoms with Crippen LogP contribution in [0.25, 0.3) is 11.0 Å². The Morgan fingerprint density at radius 3 is 3.13 bits per heavy atom. The van der Waals surface area contributed by atoms with Crippen LogP contribution >= 0.6 is 0 Å². The summed E-state index contributed by atoms with van der Waals surface area (Å²) in [6.07, 6.45) is 3.36. The summed E-state index contributed by atoms with van der Waals surface area (Å²) >= 11 is 0. The number of H-pyrrole nitrogens is 1. The molecule has 0 spiro atoms. The molecule has 0 aromatic carbocycles. The SMILES string of the molecule is CNc1ccnc2[nH]cc(CC(=O)O)c12. The van der Waals surface area contributed by atoms with E-state index >= 15 is 0 Å². The highest BCUT2D eigenvalue weighted by Gasteiger charge is 2.11. The van der Waals surface area contributed by atoms with Crippen LogP contribution in [-0.2, 0) is 11.2 Å². The smallest absolute Gasteiger partial charge is 0.307 e. The molecule has 0 saturated heterocycles. The van der Waals surface area contributed by atoms with Crippen LogP contribution in [-0.4, -0.2) is 28.1 Å². The normalized spacial score (nSPS) is 10.5. The van der Waals surface area contributed by atoms with Gasteiger partial charge in [0.05, 0.1) is 6.42 Å². The summed E-state index contributed by atoms with van der Waals surface area (Å²) in [4.78, 5) is 17.7. The first-order chi connectivity index (χ1) is 7.22. The zero-order valence-corrected chi connectivity index (χ0v) is 8.24. The largest absolute Gasteiger partial charge is 0.481 e. The maximum atomic E-state index is 10.7. The van der Waals surface area contributed by atoms with Gasteiger partial charge in [-0.15, -0.1) is 0 Å². The van der Waals surface area contributed by atoms with Crippen molar-refractivity contribution in [3.63, 3.8) is 0 Å². The number of hydrogen-bond acceptors (Lipinski definition) is 3. The number of nitrogens with one attached hydrogen (secondary N) is 2. The van der Waals surface area contributed by atoms with Gasteiger partial charge in [-0.3, -0.25) is 4.79 Å². The number of carboxylic acids is 1. The zero-order valence-electron chi connectivity index (χ0n) is 8.24. The van der Waals surface area contributed by atoms with E-state index in [0.29, 0.717) is 5.65 Å². The molecule has 5 nitrogen and oxygen atoms in total. The predicted molar refractivity (Wildman–Crippen MR) is 57.0 cm³/mol. The fourth-order valence-corrected chi connectivity index (χ4v) is 1.63. The van der Waals surface area contributed by atoms with Crippen LogP contribution < -0.4 is 5.32 Å². The molecule has 2 aromatic rings. The first-order valence-corrected chi connectivity index (χ1v) is 4.57. The van der Waals surface area contributed by atoms with Crippen molar-refractivity contribution in [3.8, 4) is 0 Å². The van der Waals surface area contributed by atoms with Gasteiger partial charge in [0.2, 0.25) is 0 Å². The highest BCUT2D eigenvalue weighted by molar-refractivity contribution is 5.94. The van der Waals surface area contributed by atoms with E-state index in [9.17, 15) is 4.79 Å². The lowest BCUT2D eigenvalue weighted by Crippen LogP contribution is -2.00. The average molecular weight is 205 g/mol. The minimum atomic E-state index is -0.846. The number of rotatable bonds is 3. The number of aliphatic carboxylic acids is 1. The lowest BCUT2D eigenvalue weighted by Gasteiger charge is -2.02. The van der Waals surface area contributed by atoms with Crippen molar-refractivity contribution in [3.05, 3.63) is 24.0 Å². The van der Waals surface area contributed by atoms with Crippen molar-refractivity contribution in [2.45, 2.75) is 6.42 Å². The molecule has 2 heterocycles. The summed E-state index contributed by atoms with van der Waals surface area (Å²) in [6, 6.07) is 1.82. The fourth-order valence-electron chi connectivity index (χ4n) is 1.63. The molecule has 15 heavy (non-hydrogen) atoms. The van der Waals surface area contributed by atoms with Gasteiger partial charge < -0.3 is 15.4 Å². The van der Waals surface area contributed by atoms with E-state index in [1.807, 2.05) is 6.07 Å². The van der Waals surface area contributed by atoms with E-state index < -0.39 is 5.97 Å². The first kappa shape index (κ1) is 9.51. The van der Waals surface area contributed by atoms with Crippen molar-refractivity contribution in [1.82, 2.24) is 9.97 Å². The number of hydrogen-bond donors (Lipinski definition) is 3. The number of carbonyl (C=O) groups is 1. The molecule has 0 radical (unpaired) electrons. The Hall–Kier alpha value is -2.04. The molecular weight excluding hydrogens is 194 g/mol. The quantitative estimate of drug-likeness (QED) is 0.704. The second kappa shape index (κ2) is 3.61. The minimum absolute atomic E-state index is 0.000370. The third kappa shape index (κ3) is 1.63. The fraction of sp³-hybridized carbons (Fsp3) is 0.200. The van der Waals surface area contributed by atoms with Gasteiger partial charge in [-0.25, -0.2) is 4.98 Å². The Balaban J connectivity index is 2.60. The van der Waals surface area contributed by atoms with Gasteiger partial charge in [0.1, 0.15) is 5.65 Å². The van der Waals surface area contributed by atoms with Gasteiger partial charge in [-0.05, 0) is 11.6 Å². The molecule has 0 aliphatic carbocycles. The van der Waals surface area contributed by atoms with Crippen LogP contribution in [0, 0.1) is 0 Å². The van der Waals surface area contributed by atoms with E-state index in [4.69, 9.17) is 5.11 Å². The molecule has 2 rings (SSSR count). The van der Waals surface area contributed by atoms with Crippen molar-refractivity contribution in [1.29, 1.82) is 0 Å². The van der Waals surface area contributed by atoms with Gasteiger partial charge in [0.15, 0.2) is 0 Å². The number of anilines is 1. The molecule has 0 saturated carbocycles. The summed E-state index contributed by atoms with van der Waals surface area (Å²) in [7, 11) is 1.80. The van der Waals surface area contributed by atoms with Crippen LogP contribution in [0.1, 0.15) is 5.56 Å². The number of pyridine rings is 1. The number of nitrogens with zero attached hydrogens (tertiary/aromatic N) is 1. The summed E-state index contributed by atoms with van der Waals surface area (Å²) in [5.74, 6) is -0.846. The average Bonchev–Trinajstić information content (AvgIpc) is 2.61. The van der Waals surface area contributed by atoms with Gasteiger partial charge in [-0.2, -0.15) is 0 Å². The molecule has 0 atom stereocenters. The molecule has 5 heteroatoms. The Morgan fingerprint density at radius 2 is 2.47 bits per heavy atom. The Labute approximate surface area is 86.1 Å². The minimum Gasteiger partial charge on any atom is -0.481 e. The molecule has 0 amide bonds. The Morgan fingerprint density at radius 1 is 1.67 bits per heavy atom. The maximum absolute atomic E-state index is 10.7. The highest BCUT2D eigenvalue weighted by Crippen LogP contribution is 2.24. The second-order valence-electron chi connectivity index (χ2n) is 3.22. The van der Waals surface area contributed by atoms with E-state index in [-0.39, 0.29) is 6.42 Å². The summed E-state index contributed by atoms with van der Waals surface area (Å²) in [6.45, 7) is 0. The molecular formula is C10H11N3O2. The molecule has 0 bridgehead atoms. The standard InChI is InChI=1S/C10H11N3O2/c1-11-7-2-3-12-10-9(7)6(5-13-10)4-8(14)15/h2-3,5H,4H2,1H3,(H,14,15)(H2,11,12,13). The highest BCUT2D eigenvalue weighted by atomic mass is 16.4. The third-order valence-corrected chi connectivity index (χ3v) is 2.27. The lowest BCUT2D eigenvalue weighted by molar-refractivity contribution is -0.136. The first-order valence-electron chi connectivity index (χ1n) is 4.57. The second-order valence-corrected chi connectivity index (χ2v) is 3.22. The van der Waals surface area contributed by atoms with Gasteiger partial charge in [0.25, 0.3) is 0 Å². The molecule has 0 aliphatic heterocycles. The van der Waals surface area contributed by atoms with Gasteiger partial charge >= 0.3 is 5.97 Å². The molecule has 2 aromatic heterocycles. The summed E-state index contributed by atoms with van der Waals surface area (Å²) in [5.41, 5.74) is 2.34. The van der Waals surface area contributed by atoms with Crippen LogP contribution in [0.4, 0.5) is 5.69 Å². The molecule has 3 N–H and O–H groups in total. The lowest BCUT2D eigenvalue weighted by atomic mass is 10.1. The van der Waals surface area contributed by atoms with Crippen LogP contribution in [0.3, 0.4) is 0 Å². The monoisotopic (exact) mass is 205 g/mol. The Bertz CT molecular complexity index is 504. The van der Waals surface area contributed by atoms with Crippen molar-refractivity contribution in [2.24, 2.45) is 0 Å². The predicted octanol–water partition coefficient (Wildman–Crippen LogP) is 1.23. The van der Waals surface area contributed by atoms with Crippen molar-refractivity contribution >= 4 is 22.7 Å². The summed E-state index contributed by atoms with van der Waals surface area (Å²) in [5, 5.41) is 12.6. The number of fused-ring (bicyclic) bond motifs is 1. The maximum Gasteiger partial charge on any atom is 0.307 e. The Kier molecular flexibility index (Phi) is 2.29.